The lowest BCUT2D eigenvalue weighted by Gasteiger charge is -2.18. The number of primary amides is 1. The molecule has 9 heteroatoms. The molecule has 8 nitrogen and oxygen atoms in total. The van der Waals surface area contributed by atoms with E-state index in [-0.39, 0.29) is 12.3 Å². The fourth-order valence-electron chi connectivity index (χ4n) is 2.38. The normalized spacial score (nSPS) is 11.3. The standard InChI is InChI=1S/C18H22N4O4S/c1-3-26-18(25)22(2)13-8-6-12(7-9-13)20-16(23)11-14(21-17(19)24)15-5-4-10-27-15/h4-10,14H,3,11H2,1-2H3,(H,20,23)(H3,19,21,24). The molecule has 0 saturated carbocycles. The zero-order valence-corrected chi connectivity index (χ0v) is 15.9. The van der Waals surface area contributed by atoms with Crippen LogP contribution in [-0.4, -0.2) is 31.7 Å². The number of hydrogen-bond acceptors (Lipinski definition) is 5. The molecule has 0 spiro atoms. The van der Waals surface area contributed by atoms with Gasteiger partial charge in [-0.15, -0.1) is 11.3 Å². The van der Waals surface area contributed by atoms with Crippen LogP contribution < -0.4 is 21.3 Å². The third-order valence-corrected chi connectivity index (χ3v) is 4.66. The molecule has 1 atom stereocenters. The highest BCUT2D eigenvalue weighted by molar-refractivity contribution is 7.10. The maximum atomic E-state index is 12.3. The summed E-state index contributed by atoms with van der Waals surface area (Å²) in [6.07, 6.45) is -0.404. The molecule has 0 aliphatic carbocycles. The van der Waals surface area contributed by atoms with E-state index in [1.54, 1.807) is 38.2 Å². The first-order chi connectivity index (χ1) is 12.9. The number of hydrogen-bond donors (Lipinski definition) is 3. The maximum absolute atomic E-state index is 12.3. The van der Waals surface area contributed by atoms with Gasteiger partial charge in [-0.05, 0) is 42.6 Å². The number of carbonyl (C=O) groups is 3. The predicted octanol–water partition coefficient (Wildman–Crippen LogP) is 3.08. The Bertz CT molecular complexity index is 777. The van der Waals surface area contributed by atoms with E-state index in [0.29, 0.717) is 18.0 Å². The molecule has 1 aromatic carbocycles. The number of ether oxygens (including phenoxy) is 1. The number of amides is 4. The second-order valence-corrected chi connectivity index (χ2v) is 6.61. The van der Waals surface area contributed by atoms with Crippen molar-refractivity contribution >= 4 is 40.7 Å². The van der Waals surface area contributed by atoms with Gasteiger partial charge >= 0.3 is 12.1 Å². The minimum absolute atomic E-state index is 0.0495. The number of benzene rings is 1. The Morgan fingerprint density at radius 3 is 2.48 bits per heavy atom. The molecule has 4 amide bonds. The van der Waals surface area contributed by atoms with E-state index in [0.717, 1.165) is 4.88 Å². The third kappa shape index (κ3) is 6.00. The molecule has 1 heterocycles. The second-order valence-electron chi connectivity index (χ2n) is 5.63. The summed E-state index contributed by atoms with van der Waals surface area (Å²) < 4.78 is 4.94. The molecule has 27 heavy (non-hydrogen) atoms. The van der Waals surface area contributed by atoms with Crippen molar-refractivity contribution in [1.82, 2.24) is 5.32 Å². The van der Waals surface area contributed by atoms with Crippen molar-refractivity contribution in [2.45, 2.75) is 19.4 Å². The van der Waals surface area contributed by atoms with Crippen molar-refractivity contribution in [3.8, 4) is 0 Å². The molecular formula is C18H22N4O4S. The van der Waals surface area contributed by atoms with Gasteiger partial charge in [0.25, 0.3) is 0 Å². The fraction of sp³-hybridized carbons (Fsp3) is 0.278. The van der Waals surface area contributed by atoms with Crippen molar-refractivity contribution in [3.05, 3.63) is 46.7 Å². The van der Waals surface area contributed by atoms with Crippen molar-refractivity contribution in [2.24, 2.45) is 5.73 Å². The first-order valence-electron chi connectivity index (χ1n) is 8.30. The highest BCUT2D eigenvalue weighted by atomic mass is 32.1. The Kier molecular flexibility index (Phi) is 7.18. The minimum atomic E-state index is -0.687. The van der Waals surface area contributed by atoms with Crippen molar-refractivity contribution in [2.75, 3.05) is 23.9 Å². The average Bonchev–Trinajstić information content (AvgIpc) is 3.15. The highest BCUT2D eigenvalue weighted by Gasteiger charge is 2.18. The van der Waals surface area contributed by atoms with Crippen LogP contribution in [0.1, 0.15) is 24.3 Å². The second kappa shape index (κ2) is 9.58. The molecule has 0 bridgehead atoms. The lowest BCUT2D eigenvalue weighted by atomic mass is 10.1. The number of nitrogens with one attached hydrogen (secondary N) is 2. The molecular weight excluding hydrogens is 368 g/mol. The van der Waals surface area contributed by atoms with Crippen LogP contribution in [0.15, 0.2) is 41.8 Å². The minimum Gasteiger partial charge on any atom is -0.449 e. The molecule has 144 valence electrons. The number of anilines is 2. The van der Waals surface area contributed by atoms with Crippen LogP contribution in [-0.2, 0) is 9.53 Å². The zero-order valence-electron chi connectivity index (χ0n) is 15.1. The molecule has 0 fully saturated rings. The largest absolute Gasteiger partial charge is 0.449 e. The van der Waals surface area contributed by atoms with Crippen LogP contribution in [0.3, 0.4) is 0 Å². The molecule has 0 aliphatic heterocycles. The number of thiophene rings is 1. The van der Waals surface area contributed by atoms with E-state index < -0.39 is 18.2 Å². The van der Waals surface area contributed by atoms with Gasteiger partial charge in [0, 0.05) is 23.3 Å². The molecule has 0 saturated heterocycles. The first kappa shape index (κ1) is 20.2. The summed E-state index contributed by atoms with van der Waals surface area (Å²) in [7, 11) is 1.60. The highest BCUT2D eigenvalue weighted by Crippen LogP contribution is 2.23. The summed E-state index contributed by atoms with van der Waals surface area (Å²) in [5.41, 5.74) is 6.41. The Labute approximate surface area is 161 Å². The molecule has 0 radical (unpaired) electrons. The number of nitrogens with zero attached hydrogens (tertiary/aromatic N) is 1. The number of rotatable bonds is 7. The Balaban J connectivity index is 1.98. The maximum Gasteiger partial charge on any atom is 0.413 e. The van der Waals surface area contributed by atoms with Crippen molar-refractivity contribution in [1.29, 1.82) is 0 Å². The lowest BCUT2D eigenvalue weighted by molar-refractivity contribution is -0.116. The topological polar surface area (TPSA) is 114 Å². The van der Waals surface area contributed by atoms with Crippen molar-refractivity contribution < 1.29 is 19.1 Å². The molecule has 1 unspecified atom stereocenters. The zero-order chi connectivity index (χ0) is 19.8. The number of urea groups is 1. The van der Waals surface area contributed by atoms with Crippen molar-refractivity contribution in [3.63, 3.8) is 0 Å². The summed E-state index contributed by atoms with van der Waals surface area (Å²) in [6.45, 7) is 2.03. The van der Waals surface area contributed by atoms with E-state index >= 15 is 0 Å². The smallest absolute Gasteiger partial charge is 0.413 e. The van der Waals surface area contributed by atoms with E-state index in [1.165, 1.54) is 16.2 Å². The van der Waals surface area contributed by atoms with E-state index in [2.05, 4.69) is 10.6 Å². The van der Waals surface area contributed by atoms with Crippen LogP contribution >= 0.6 is 11.3 Å². The van der Waals surface area contributed by atoms with Crippen LogP contribution in [0.25, 0.3) is 0 Å². The van der Waals surface area contributed by atoms with E-state index in [4.69, 9.17) is 10.5 Å². The van der Waals surface area contributed by atoms with E-state index in [1.807, 2.05) is 17.5 Å². The summed E-state index contributed by atoms with van der Waals surface area (Å²) in [5.74, 6) is -0.270. The first-order valence-corrected chi connectivity index (χ1v) is 9.18. The predicted molar refractivity (Wildman–Crippen MR) is 105 cm³/mol. The van der Waals surface area contributed by atoms with Gasteiger partial charge < -0.3 is 21.1 Å². The summed E-state index contributed by atoms with van der Waals surface area (Å²) >= 11 is 1.43. The van der Waals surface area contributed by atoms with Crippen LogP contribution in [0, 0.1) is 0 Å². The molecule has 0 aliphatic rings. The lowest BCUT2D eigenvalue weighted by Crippen LogP contribution is -2.34. The van der Waals surface area contributed by atoms with Crippen LogP contribution in [0.2, 0.25) is 0 Å². The quantitative estimate of drug-likeness (QED) is 0.674. The number of nitrogens with two attached hydrogens (primary N) is 1. The fourth-order valence-corrected chi connectivity index (χ4v) is 3.15. The Morgan fingerprint density at radius 1 is 1.22 bits per heavy atom. The van der Waals surface area contributed by atoms with Gasteiger partial charge in [-0.25, -0.2) is 9.59 Å². The molecule has 2 aromatic rings. The molecule has 4 N–H and O–H groups in total. The Morgan fingerprint density at radius 2 is 1.93 bits per heavy atom. The molecule has 2 rings (SSSR count). The van der Waals surface area contributed by atoms with E-state index in [9.17, 15) is 14.4 Å². The Hall–Kier alpha value is -3.07. The average molecular weight is 390 g/mol. The van der Waals surface area contributed by atoms with Gasteiger partial charge in [0.05, 0.1) is 19.1 Å². The number of carbonyl (C=O) groups excluding carboxylic acids is 3. The van der Waals surface area contributed by atoms with Gasteiger partial charge in [-0.1, -0.05) is 6.07 Å². The van der Waals surface area contributed by atoms with Gasteiger partial charge in [0.1, 0.15) is 0 Å². The van der Waals surface area contributed by atoms with Gasteiger partial charge in [-0.2, -0.15) is 0 Å². The monoisotopic (exact) mass is 390 g/mol. The van der Waals surface area contributed by atoms with Gasteiger partial charge in [-0.3, -0.25) is 9.69 Å². The van der Waals surface area contributed by atoms with Crippen LogP contribution in [0.5, 0.6) is 0 Å². The molecule has 1 aromatic heterocycles. The van der Waals surface area contributed by atoms with Crippen LogP contribution in [0.4, 0.5) is 21.0 Å². The third-order valence-electron chi connectivity index (χ3n) is 3.67. The summed E-state index contributed by atoms with van der Waals surface area (Å²) in [5, 5.41) is 7.21. The SMILES string of the molecule is CCOC(=O)N(C)c1ccc(NC(=O)CC(NC(N)=O)c2cccs2)cc1. The van der Waals surface area contributed by atoms with Gasteiger partial charge in [0.15, 0.2) is 0 Å². The van der Waals surface area contributed by atoms with Gasteiger partial charge in [0.2, 0.25) is 5.91 Å². The summed E-state index contributed by atoms with van der Waals surface area (Å²) in [6, 6.07) is 9.26. The summed E-state index contributed by atoms with van der Waals surface area (Å²) in [4.78, 5) is 37.5.